The average Bonchev–Trinajstić information content (AvgIpc) is 3.49. The molecule has 87 heavy (non-hydrogen) atoms. The van der Waals surface area contributed by atoms with Crippen LogP contribution >= 0.6 is 0 Å². The van der Waals surface area contributed by atoms with Gasteiger partial charge in [-0.15, -0.1) is 0 Å². The van der Waals surface area contributed by atoms with Gasteiger partial charge in [0.15, 0.2) is 17.4 Å². The number of carbonyl (C=O) groups is 1. The van der Waals surface area contributed by atoms with Crippen LogP contribution in [0.3, 0.4) is 0 Å². The first-order valence-corrected chi connectivity index (χ1v) is 27.9. The number of fused-ring (bicyclic) bond motifs is 5. The predicted octanol–water partition coefficient (Wildman–Crippen LogP) is 10.2. The molecule has 0 spiro atoms. The molecule has 15 rings (SSSR count). The van der Waals surface area contributed by atoms with E-state index in [1.54, 1.807) is 74.8 Å². The quantitative estimate of drug-likeness (QED) is 0.141. The second-order valence-corrected chi connectivity index (χ2v) is 20.5. The van der Waals surface area contributed by atoms with Gasteiger partial charge in [0, 0.05) is 38.3 Å². The maximum Gasteiger partial charge on any atom is 0.159 e. The maximum absolute atomic E-state index is 13.2. The number of nitriles is 3. The van der Waals surface area contributed by atoms with Crippen molar-refractivity contribution in [2.24, 2.45) is 0 Å². The van der Waals surface area contributed by atoms with Crippen LogP contribution in [0.25, 0.3) is 0 Å². The molecule has 22 heteroatoms. The summed E-state index contributed by atoms with van der Waals surface area (Å²) in [5.41, 5.74) is 11.6. The van der Waals surface area contributed by atoms with Gasteiger partial charge in [0.2, 0.25) is 0 Å². The van der Waals surface area contributed by atoms with Gasteiger partial charge in [-0.1, -0.05) is 60.7 Å². The number of hydrogen-bond donors (Lipinski definition) is 0. The third kappa shape index (κ3) is 13.4. The highest BCUT2D eigenvalue weighted by Crippen LogP contribution is 2.34. The fourth-order valence-corrected chi connectivity index (χ4v) is 10.7. The third-order valence-corrected chi connectivity index (χ3v) is 15.1. The van der Waals surface area contributed by atoms with Gasteiger partial charge >= 0.3 is 0 Å². The Hall–Kier alpha value is -10.1. The van der Waals surface area contributed by atoms with Crippen molar-refractivity contribution in [3.05, 3.63) is 268 Å². The molecule has 5 aliphatic heterocycles. The summed E-state index contributed by atoms with van der Waals surface area (Å²) in [5.74, 6) is -1.86. The lowest BCUT2D eigenvalue weighted by Gasteiger charge is -2.25. The molecule has 0 radical (unpaired) electrons. The molecule has 0 saturated carbocycles. The first-order chi connectivity index (χ1) is 42.6. The van der Waals surface area contributed by atoms with Crippen molar-refractivity contribution in [1.29, 1.82) is 15.8 Å². The van der Waals surface area contributed by atoms with Crippen LogP contribution in [0.1, 0.15) is 121 Å². The SMILES string of the molecule is CC(=O)c1ccc(C2OCCn3cncc32)cc1.Fc1ccc(C2OCCn3cncc32)cc1.Fc1ccc(C2OCCn3cncc32)cc1F.N#Cc1ccc(C2OCCn3cncc32)cc1C#N.N#Cc1cccc(C2OCCn3cncc32)c1. The summed E-state index contributed by atoms with van der Waals surface area (Å²) in [7, 11) is 0. The number of rotatable bonds is 6. The monoisotopic (exact) mass is 1170 g/mol. The minimum atomic E-state index is -0.859. The second-order valence-electron chi connectivity index (χ2n) is 20.5. The van der Waals surface area contributed by atoms with Crippen molar-refractivity contribution < 1.29 is 41.7 Å². The third-order valence-electron chi connectivity index (χ3n) is 15.1. The Morgan fingerprint density at radius 1 is 0.425 bits per heavy atom. The highest BCUT2D eigenvalue weighted by atomic mass is 19.2. The Kier molecular flexibility index (Phi) is 18.4. The lowest BCUT2D eigenvalue weighted by Crippen LogP contribution is -2.21. The van der Waals surface area contributed by atoms with E-state index in [1.807, 2.05) is 94.9 Å². The predicted molar refractivity (Wildman–Crippen MR) is 306 cm³/mol. The molecule has 5 aliphatic rings. The molecule has 0 N–H and O–H groups in total. The molecule has 10 aromatic rings. The van der Waals surface area contributed by atoms with Crippen LogP contribution in [0.5, 0.6) is 0 Å². The lowest BCUT2D eigenvalue weighted by atomic mass is 10.00. The lowest BCUT2D eigenvalue weighted by molar-refractivity contribution is 0.0462. The van der Waals surface area contributed by atoms with E-state index in [0.29, 0.717) is 55.3 Å². The molecule has 0 bridgehead atoms. The Morgan fingerprint density at radius 2 is 0.793 bits per heavy atom. The highest BCUT2D eigenvalue weighted by Gasteiger charge is 2.28. The number of ether oxygens (including phenoxy) is 5. The first kappa shape index (κ1) is 58.6. The first-order valence-electron chi connectivity index (χ1n) is 27.9. The van der Waals surface area contributed by atoms with Gasteiger partial charge in [-0.25, -0.2) is 38.1 Å². The fourth-order valence-electron chi connectivity index (χ4n) is 10.7. The van der Waals surface area contributed by atoms with E-state index in [1.165, 1.54) is 24.3 Å². The normalized spacial score (nSPS) is 18.5. The van der Waals surface area contributed by atoms with E-state index in [-0.39, 0.29) is 42.1 Å². The van der Waals surface area contributed by atoms with Crippen LogP contribution in [0.2, 0.25) is 0 Å². The van der Waals surface area contributed by atoms with Gasteiger partial charge in [-0.2, -0.15) is 15.8 Å². The molecule has 5 unspecified atom stereocenters. The number of carbonyl (C=O) groups excluding carboxylic acids is 1. The van der Waals surface area contributed by atoms with Crippen LogP contribution in [0, 0.1) is 51.4 Å². The average molecular weight is 1170 g/mol. The molecular weight excluding hydrogens is 1120 g/mol. The molecule has 0 aliphatic carbocycles. The number of nitrogens with zero attached hydrogens (tertiary/aromatic N) is 13. The number of benzene rings is 5. The van der Waals surface area contributed by atoms with Gasteiger partial charge in [0.05, 0.1) is 147 Å². The summed E-state index contributed by atoms with van der Waals surface area (Å²) in [6.07, 6.45) is 16.9. The zero-order valence-corrected chi connectivity index (χ0v) is 47.0. The fraction of sp³-hybridized carbons (Fsp3) is 0.246. The van der Waals surface area contributed by atoms with E-state index in [9.17, 15) is 18.0 Å². The molecule has 0 amide bonds. The number of halogens is 3. The minimum Gasteiger partial charge on any atom is -0.365 e. The van der Waals surface area contributed by atoms with Gasteiger partial charge in [-0.05, 0) is 83.3 Å². The largest absolute Gasteiger partial charge is 0.365 e. The number of hydrogen-bond acceptors (Lipinski definition) is 14. The number of ketones is 1. The second kappa shape index (κ2) is 27.3. The Morgan fingerprint density at radius 3 is 1.18 bits per heavy atom. The standard InChI is InChI=1S/C14H10N4O.C14H14N2O2.C13H11N3O.C12H10F2N2O.C12H11FN2O/c15-6-11-2-1-10(5-12(11)7-16)14-13-8-17-9-18(13)3-4-19-14;1-10(17)11-2-4-12(5-3-11)14-13-8-15-9-16(13)6-7-18-14;14-7-10-2-1-3-11(6-10)13-12-8-15-9-16(12)4-5-17-13;13-9-2-1-8(5-10(9)14)12-11-6-15-7-16(11)3-4-17-12;13-10-3-1-9(2-4-10)12-11-7-14-8-15(11)5-6-16-12/h1-2,5,8-9,14H,3-4H2;2-5,8-9,14H,6-7H2,1H3;1-3,6,8-9,13H,4-5H2;1-2,5-7,12H,3-4H2;1-4,7-8,12H,5-6H2. The van der Waals surface area contributed by atoms with Crippen LogP contribution in [0.15, 0.2) is 172 Å². The van der Waals surface area contributed by atoms with Crippen molar-refractivity contribution in [3.63, 3.8) is 0 Å². The molecular formula is C65H56F3N13O6. The summed E-state index contributed by atoms with van der Waals surface area (Å²) >= 11 is 0. The van der Waals surface area contributed by atoms with Gasteiger partial charge in [-0.3, -0.25) is 4.79 Å². The van der Waals surface area contributed by atoms with Crippen molar-refractivity contribution in [2.45, 2.75) is 70.2 Å². The van der Waals surface area contributed by atoms with E-state index in [0.717, 1.165) is 95.1 Å². The van der Waals surface area contributed by atoms with Crippen molar-refractivity contribution in [1.82, 2.24) is 47.8 Å². The molecule has 0 saturated heterocycles. The van der Waals surface area contributed by atoms with E-state index >= 15 is 0 Å². The molecule has 5 atom stereocenters. The van der Waals surface area contributed by atoms with Crippen LogP contribution in [-0.4, -0.2) is 86.6 Å². The molecule has 10 heterocycles. The number of aromatic nitrogens is 10. The summed E-state index contributed by atoms with van der Waals surface area (Å²) in [4.78, 5) is 31.8. The van der Waals surface area contributed by atoms with Crippen LogP contribution < -0.4 is 0 Å². The number of imidazole rings is 5. The molecule has 5 aromatic heterocycles. The molecule has 5 aromatic carbocycles. The Balaban J connectivity index is 0.000000113. The van der Waals surface area contributed by atoms with Crippen molar-refractivity contribution in [2.75, 3.05) is 33.0 Å². The summed E-state index contributed by atoms with van der Waals surface area (Å²) < 4.78 is 77.8. The van der Waals surface area contributed by atoms with E-state index in [2.05, 4.69) is 44.7 Å². The van der Waals surface area contributed by atoms with Gasteiger partial charge in [0.1, 0.15) is 48.5 Å². The summed E-state index contributed by atoms with van der Waals surface area (Å²) in [6.45, 7) is 8.75. The molecule has 19 nitrogen and oxygen atoms in total. The van der Waals surface area contributed by atoms with Gasteiger partial charge < -0.3 is 46.5 Å². The molecule has 438 valence electrons. The Bertz CT molecular complexity index is 4130. The Labute approximate surface area is 498 Å². The minimum absolute atomic E-state index is 0.0798. The zero-order chi connectivity index (χ0) is 60.2. The van der Waals surface area contributed by atoms with Crippen molar-refractivity contribution >= 4 is 5.78 Å². The van der Waals surface area contributed by atoms with Crippen LogP contribution in [0.4, 0.5) is 13.2 Å². The molecule has 0 fully saturated rings. The highest BCUT2D eigenvalue weighted by molar-refractivity contribution is 5.94. The smallest absolute Gasteiger partial charge is 0.159 e. The number of Topliss-reactive ketones (excluding diaryl/α,β-unsaturated/α-hetero) is 1. The summed E-state index contributed by atoms with van der Waals surface area (Å²) in [6, 6.07) is 36.7. The van der Waals surface area contributed by atoms with E-state index in [4.69, 9.17) is 39.5 Å². The van der Waals surface area contributed by atoms with Crippen LogP contribution in [-0.2, 0) is 56.4 Å². The van der Waals surface area contributed by atoms with Crippen molar-refractivity contribution in [3.8, 4) is 18.2 Å². The summed E-state index contributed by atoms with van der Waals surface area (Å²) in [5, 5.41) is 26.9. The zero-order valence-electron chi connectivity index (χ0n) is 47.0. The maximum atomic E-state index is 13.2. The topological polar surface area (TPSA) is 224 Å². The van der Waals surface area contributed by atoms with E-state index < -0.39 is 11.6 Å². The van der Waals surface area contributed by atoms with Gasteiger partial charge in [0.25, 0.3) is 0 Å².